The van der Waals surface area contributed by atoms with Gasteiger partial charge in [-0.3, -0.25) is 0 Å². The van der Waals surface area contributed by atoms with Crippen LogP contribution in [0.3, 0.4) is 0 Å². The molecular formula is C24H24ClF3N6O3. The first kappa shape index (κ1) is 25.0. The second-order valence-electron chi connectivity index (χ2n) is 8.50. The van der Waals surface area contributed by atoms with Crippen molar-refractivity contribution in [2.45, 2.75) is 25.2 Å². The minimum Gasteiger partial charge on any atom is -0.486 e. The van der Waals surface area contributed by atoms with E-state index in [2.05, 4.69) is 29.9 Å². The van der Waals surface area contributed by atoms with Gasteiger partial charge in [0.05, 0.1) is 25.5 Å². The number of nitrogens with zero attached hydrogens (tertiary/aromatic N) is 5. The molecule has 9 nitrogen and oxygen atoms in total. The molecule has 1 aromatic carbocycles. The minimum atomic E-state index is -4.87. The Morgan fingerprint density at radius 1 is 1.11 bits per heavy atom. The number of hydrogen-bond acceptors (Lipinski definition) is 9. The Kier molecular flexibility index (Phi) is 7.00. The first-order valence-electron chi connectivity index (χ1n) is 11.6. The van der Waals surface area contributed by atoms with Crippen LogP contribution in [0.5, 0.6) is 17.4 Å². The second-order valence-corrected chi connectivity index (χ2v) is 8.94. The number of halogens is 4. The van der Waals surface area contributed by atoms with E-state index >= 15 is 0 Å². The highest BCUT2D eigenvalue weighted by Gasteiger charge is 2.34. The molecule has 1 fully saturated rings. The van der Waals surface area contributed by atoms with Gasteiger partial charge in [-0.25, -0.2) is 9.97 Å². The molecule has 3 aromatic rings. The van der Waals surface area contributed by atoms with E-state index in [4.69, 9.17) is 21.1 Å². The molecule has 0 atom stereocenters. The Balaban J connectivity index is 1.32. The zero-order valence-electron chi connectivity index (χ0n) is 19.8. The number of methoxy groups -OCH3 is 1. The van der Waals surface area contributed by atoms with Crippen LogP contribution in [0.15, 0.2) is 42.7 Å². The van der Waals surface area contributed by atoms with Gasteiger partial charge in [-0.05, 0) is 31.0 Å². The van der Waals surface area contributed by atoms with Crippen LogP contribution in [0.4, 0.5) is 36.3 Å². The summed E-state index contributed by atoms with van der Waals surface area (Å²) in [7, 11) is 1.59. The minimum absolute atomic E-state index is 0.121. The van der Waals surface area contributed by atoms with Gasteiger partial charge in [0.1, 0.15) is 6.61 Å². The zero-order chi connectivity index (χ0) is 26.0. The number of alkyl halides is 3. The largest absolute Gasteiger partial charge is 0.573 e. The fraction of sp³-hybridized carbons (Fsp3) is 0.375. The molecule has 2 aliphatic rings. The Bertz CT molecular complexity index is 1260. The molecule has 196 valence electrons. The summed E-state index contributed by atoms with van der Waals surface area (Å²) in [6.45, 7) is 2.14. The molecule has 13 heteroatoms. The standard InChI is InChI=1S/C24H24ClF3N6O3/c1-35-21-13-17(4-7-29-21)33-8-5-16(6-9-33)31-23-30-14-20-22(32-23)34(10-11-36-20)18-3-2-15(25)12-19(18)37-24(26,27)28/h2-4,7,12-14,16H,5-6,8-11H2,1H3,(H,30,31,32). The van der Waals surface area contributed by atoms with Crippen molar-refractivity contribution in [3.8, 4) is 17.4 Å². The van der Waals surface area contributed by atoms with Gasteiger partial charge in [-0.15, -0.1) is 13.2 Å². The van der Waals surface area contributed by atoms with Crippen molar-refractivity contribution in [2.75, 3.05) is 48.5 Å². The summed E-state index contributed by atoms with van der Waals surface area (Å²) in [5.41, 5.74) is 1.22. The normalized spacial score (nSPS) is 16.1. The van der Waals surface area contributed by atoms with Gasteiger partial charge in [-0.2, -0.15) is 4.98 Å². The number of ether oxygens (including phenoxy) is 3. The molecule has 0 saturated carbocycles. The average Bonchev–Trinajstić information content (AvgIpc) is 2.88. The van der Waals surface area contributed by atoms with E-state index in [9.17, 15) is 13.2 Å². The lowest BCUT2D eigenvalue weighted by Gasteiger charge is -2.34. The quantitative estimate of drug-likeness (QED) is 0.465. The van der Waals surface area contributed by atoms with Crippen LogP contribution in [0.1, 0.15) is 12.8 Å². The molecule has 2 aromatic heterocycles. The van der Waals surface area contributed by atoms with Gasteiger partial charge in [0, 0.05) is 48.2 Å². The van der Waals surface area contributed by atoms with Crippen LogP contribution in [-0.2, 0) is 0 Å². The van der Waals surface area contributed by atoms with Gasteiger partial charge < -0.3 is 29.3 Å². The lowest BCUT2D eigenvalue weighted by atomic mass is 10.0. The number of pyridine rings is 1. The average molecular weight is 537 g/mol. The lowest BCUT2D eigenvalue weighted by Crippen LogP contribution is -2.39. The number of aromatic nitrogens is 3. The summed E-state index contributed by atoms with van der Waals surface area (Å²) in [5, 5.41) is 3.48. The fourth-order valence-corrected chi connectivity index (χ4v) is 4.57. The number of benzene rings is 1. The predicted molar refractivity (Wildman–Crippen MR) is 132 cm³/mol. The maximum Gasteiger partial charge on any atom is 0.573 e. The van der Waals surface area contributed by atoms with E-state index in [1.807, 2.05) is 12.1 Å². The van der Waals surface area contributed by atoms with Crippen LogP contribution in [0, 0.1) is 0 Å². The number of anilines is 4. The molecule has 0 unspecified atom stereocenters. The SMILES string of the molecule is COc1cc(N2CCC(Nc3ncc4c(n3)N(c3ccc(Cl)cc3OC(F)(F)F)CCO4)CC2)ccn1. The molecule has 5 rings (SSSR count). The van der Waals surface area contributed by atoms with Gasteiger partial charge in [-0.1, -0.05) is 11.6 Å². The maximum atomic E-state index is 13.1. The first-order chi connectivity index (χ1) is 17.8. The first-order valence-corrected chi connectivity index (χ1v) is 12.0. The Labute approximate surface area is 216 Å². The van der Waals surface area contributed by atoms with Crippen molar-refractivity contribution in [1.82, 2.24) is 15.0 Å². The Morgan fingerprint density at radius 2 is 1.92 bits per heavy atom. The van der Waals surface area contributed by atoms with E-state index < -0.39 is 12.1 Å². The number of hydrogen-bond donors (Lipinski definition) is 1. The van der Waals surface area contributed by atoms with Gasteiger partial charge in [0.15, 0.2) is 17.3 Å². The zero-order valence-corrected chi connectivity index (χ0v) is 20.6. The van der Waals surface area contributed by atoms with Crippen LogP contribution >= 0.6 is 11.6 Å². The fourth-order valence-electron chi connectivity index (χ4n) is 4.40. The summed E-state index contributed by atoms with van der Waals surface area (Å²) in [5.74, 6) is 1.23. The number of rotatable bonds is 6. The summed E-state index contributed by atoms with van der Waals surface area (Å²) >= 11 is 5.94. The van der Waals surface area contributed by atoms with Gasteiger partial charge >= 0.3 is 6.36 Å². The predicted octanol–water partition coefficient (Wildman–Crippen LogP) is 5.04. The molecule has 0 amide bonds. The maximum absolute atomic E-state index is 13.1. The van der Waals surface area contributed by atoms with Crippen LogP contribution in [0.25, 0.3) is 0 Å². The van der Waals surface area contributed by atoms with Crippen LogP contribution in [-0.4, -0.2) is 60.7 Å². The van der Waals surface area contributed by atoms with Crippen molar-refractivity contribution in [3.05, 3.63) is 47.7 Å². The van der Waals surface area contributed by atoms with E-state index in [-0.39, 0.29) is 29.9 Å². The summed E-state index contributed by atoms with van der Waals surface area (Å²) in [6.07, 6.45) is 0.0514. The summed E-state index contributed by atoms with van der Waals surface area (Å²) in [4.78, 5) is 17.0. The van der Waals surface area contributed by atoms with Crippen molar-refractivity contribution < 1.29 is 27.4 Å². The smallest absolute Gasteiger partial charge is 0.486 e. The van der Waals surface area contributed by atoms with Crippen molar-refractivity contribution in [3.63, 3.8) is 0 Å². The van der Waals surface area contributed by atoms with Crippen molar-refractivity contribution in [2.24, 2.45) is 0 Å². The Hall–Kier alpha value is -3.67. The molecule has 4 heterocycles. The highest BCUT2D eigenvalue weighted by atomic mass is 35.5. The second kappa shape index (κ2) is 10.4. The topological polar surface area (TPSA) is 84.9 Å². The number of nitrogens with one attached hydrogen (secondary N) is 1. The third-order valence-electron chi connectivity index (χ3n) is 6.12. The van der Waals surface area contributed by atoms with E-state index in [0.717, 1.165) is 37.7 Å². The van der Waals surface area contributed by atoms with E-state index in [1.54, 1.807) is 18.2 Å². The summed E-state index contributed by atoms with van der Waals surface area (Å²) < 4.78 is 54.3. The van der Waals surface area contributed by atoms with Crippen molar-refractivity contribution >= 4 is 34.7 Å². The summed E-state index contributed by atoms with van der Waals surface area (Å²) in [6, 6.07) is 8.08. The molecule has 0 radical (unpaired) electrons. The number of fused-ring (bicyclic) bond motifs is 1. The number of piperidine rings is 1. The molecule has 0 bridgehead atoms. The van der Waals surface area contributed by atoms with Crippen LogP contribution in [0.2, 0.25) is 5.02 Å². The molecule has 1 N–H and O–H groups in total. The molecule has 1 saturated heterocycles. The third-order valence-corrected chi connectivity index (χ3v) is 6.36. The van der Waals surface area contributed by atoms with Crippen molar-refractivity contribution in [1.29, 1.82) is 0 Å². The third kappa shape index (κ3) is 5.85. The van der Waals surface area contributed by atoms with Gasteiger partial charge in [0.2, 0.25) is 11.8 Å². The van der Waals surface area contributed by atoms with E-state index in [0.29, 0.717) is 23.4 Å². The Morgan fingerprint density at radius 3 is 2.68 bits per heavy atom. The van der Waals surface area contributed by atoms with Crippen LogP contribution < -0.4 is 29.3 Å². The monoisotopic (exact) mass is 536 g/mol. The molecule has 2 aliphatic heterocycles. The molecule has 0 spiro atoms. The molecule has 0 aliphatic carbocycles. The van der Waals surface area contributed by atoms with E-state index in [1.165, 1.54) is 18.3 Å². The highest BCUT2D eigenvalue weighted by molar-refractivity contribution is 6.30. The molecular weight excluding hydrogens is 513 g/mol. The molecule has 37 heavy (non-hydrogen) atoms. The highest BCUT2D eigenvalue weighted by Crippen LogP contribution is 2.42. The van der Waals surface area contributed by atoms with Gasteiger partial charge in [0.25, 0.3) is 0 Å². The lowest BCUT2D eigenvalue weighted by molar-refractivity contribution is -0.274.